The second-order valence-electron chi connectivity index (χ2n) is 8.15. The number of rotatable bonds is 12. The molecule has 0 aliphatic rings. The lowest BCUT2D eigenvalue weighted by Gasteiger charge is -2.11. The van der Waals surface area contributed by atoms with Gasteiger partial charge in [-0.2, -0.15) is 5.10 Å². The van der Waals surface area contributed by atoms with Crippen molar-refractivity contribution >= 4 is 23.7 Å². The van der Waals surface area contributed by atoms with Crippen LogP contribution in [0.15, 0.2) is 102 Å². The SMILES string of the molecule is COc1cc(C=NNC(=O)COc2ccc(OCc3ccccc3)cc2)ccc1OCc1ccc(Cl)cc1. The van der Waals surface area contributed by atoms with Crippen molar-refractivity contribution in [2.24, 2.45) is 5.10 Å². The predicted molar refractivity (Wildman–Crippen MR) is 147 cm³/mol. The Morgan fingerprint density at radius 1 is 0.789 bits per heavy atom. The minimum atomic E-state index is -0.388. The van der Waals surface area contributed by atoms with Gasteiger partial charge in [0.2, 0.25) is 0 Å². The Kier molecular flexibility index (Phi) is 9.59. The van der Waals surface area contributed by atoms with Gasteiger partial charge in [-0.1, -0.05) is 54.1 Å². The molecule has 8 heteroatoms. The van der Waals surface area contributed by atoms with Gasteiger partial charge in [-0.25, -0.2) is 5.43 Å². The number of methoxy groups -OCH3 is 1. The first kappa shape index (κ1) is 26.6. The van der Waals surface area contributed by atoms with Crippen LogP contribution in [0.4, 0.5) is 0 Å². The molecule has 194 valence electrons. The van der Waals surface area contributed by atoms with Crippen molar-refractivity contribution in [2.45, 2.75) is 13.2 Å². The molecule has 0 fully saturated rings. The number of benzene rings is 4. The maximum absolute atomic E-state index is 12.1. The number of hydrazone groups is 1. The zero-order valence-electron chi connectivity index (χ0n) is 20.8. The van der Waals surface area contributed by atoms with Gasteiger partial charge in [0.05, 0.1) is 13.3 Å². The highest BCUT2D eigenvalue weighted by Crippen LogP contribution is 2.28. The van der Waals surface area contributed by atoms with E-state index in [1.54, 1.807) is 43.5 Å². The van der Waals surface area contributed by atoms with Gasteiger partial charge in [0.25, 0.3) is 5.91 Å². The van der Waals surface area contributed by atoms with Crippen LogP contribution in [0.1, 0.15) is 16.7 Å². The maximum Gasteiger partial charge on any atom is 0.277 e. The molecular formula is C30H27ClN2O5. The van der Waals surface area contributed by atoms with Gasteiger partial charge in [0, 0.05) is 5.02 Å². The van der Waals surface area contributed by atoms with Crippen LogP contribution in [-0.4, -0.2) is 25.8 Å². The number of hydrogen-bond acceptors (Lipinski definition) is 6. The standard InChI is InChI=1S/C30H27ClN2O5/c1-35-29-17-24(9-16-28(29)38-20-23-7-10-25(31)11-8-23)18-32-33-30(34)21-37-27-14-12-26(13-15-27)36-19-22-5-3-2-4-6-22/h2-18H,19-21H2,1H3,(H,33,34). The molecule has 4 aromatic carbocycles. The fraction of sp³-hybridized carbons (Fsp3) is 0.133. The van der Waals surface area contributed by atoms with Crippen LogP contribution < -0.4 is 24.4 Å². The summed E-state index contributed by atoms with van der Waals surface area (Å²) in [5.41, 5.74) is 5.25. The van der Waals surface area contributed by atoms with E-state index in [4.69, 9.17) is 30.5 Å². The first-order valence-corrected chi connectivity index (χ1v) is 12.2. The van der Waals surface area contributed by atoms with Crippen LogP contribution in [0, 0.1) is 0 Å². The third kappa shape index (κ3) is 8.28. The second-order valence-corrected chi connectivity index (χ2v) is 8.59. The molecule has 0 unspecified atom stereocenters. The summed E-state index contributed by atoms with van der Waals surface area (Å²) in [5, 5.41) is 4.67. The zero-order chi connectivity index (χ0) is 26.6. The van der Waals surface area contributed by atoms with E-state index in [0.29, 0.717) is 41.2 Å². The molecule has 0 atom stereocenters. The lowest BCUT2D eigenvalue weighted by Crippen LogP contribution is -2.24. The Labute approximate surface area is 226 Å². The Bertz CT molecular complexity index is 1340. The van der Waals surface area contributed by atoms with Gasteiger partial charge in [-0.05, 0) is 71.3 Å². The molecule has 1 amide bonds. The van der Waals surface area contributed by atoms with E-state index < -0.39 is 0 Å². The zero-order valence-corrected chi connectivity index (χ0v) is 21.6. The molecule has 0 radical (unpaired) electrons. The van der Waals surface area contributed by atoms with E-state index in [2.05, 4.69) is 10.5 Å². The molecule has 0 bridgehead atoms. The van der Waals surface area contributed by atoms with Crippen LogP contribution in [0.25, 0.3) is 0 Å². The van der Waals surface area contributed by atoms with Gasteiger partial charge in [-0.3, -0.25) is 4.79 Å². The molecule has 0 spiro atoms. The van der Waals surface area contributed by atoms with E-state index in [-0.39, 0.29) is 12.5 Å². The number of ether oxygens (including phenoxy) is 4. The van der Waals surface area contributed by atoms with E-state index in [1.807, 2.05) is 60.7 Å². The van der Waals surface area contributed by atoms with Crippen LogP contribution in [-0.2, 0) is 18.0 Å². The van der Waals surface area contributed by atoms with Crippen molar-refractivity contribution in [3.63, 3.8) is 0 Å². The number of amides is 1. The fourth-order valence-corrected chi connectivity index (χ4v) is 3.48. The summed E-state index contributed by atoms with van der Waals surface area (Å²) in [5.74, 6) is 2.02. The number of carbonyl (C=O) groups is 1. The van der Waals surface area contributed by atoms with Crippen molar-refractivity contribution in [3.05, 3.63) is 119 Å². The summed E-state index contributed by atoms with van der Waals surface area (Å²) < 4.78 is 22.6. The third-order valence-electron chi connectivity index (χ3n) is 5.34. The summed E-state index contributed by atoms with van der Waals surface area (Å²) in [7, 11) is 1.56. The minimum absolute atomic E-state index is 0.178. The normalized spacial score (nSPS) is 10.7. The van der Waals surface area contributed by atoms with Gasteiger partial charge >= 0.3 is 0 Å². The number of halogens is 1. The predicted octanol–water partition coefficient (Wildman–Crippen LogP) is 6.04. The number of carbonyl (C=O) groups excluding carboxylic acids is 1. The molecule has 38 heavy (non-hydrogen) atoms. The molecule has 4 aromatic rings. The summed E-state index contributed by atoms with van der Waals surface area (Å²) in [6.07, 6.45) is 1.52. The first-order valence-electron chi connectivity index (χ1n) is 11.9. The average molecular weight is 531 g/mol. The maximum atomic E-state index is 12.1. The smallest absolute Gasteiger partial charge is 0.277 e. The molecule has 0 aromatic heterocycles. The van der Waals surface area contributed by atoms with Crippen molar-refractivity contribution in [3.8, 4) is 23.0 Å². The molecule has 0 heterocycles. The monoisotopic (exact) mass is 530 g/mol. The van der Waals surface area contributed by atoms with Crippen LogP contribution >= 0.6 is 11.6 Å². The highest BCUT2D eigenvalue weighted by atomic mass is 35.5. The minimum Gasteiger partial charge on any atom is -0.493 e. The van der Waals surface area contributed by atoms with Crippen LogP contribution in [0.5, 0.6) is 23.0 Å². The number of hydrogen-bond donors (Lipinski definition) is 1. The molecule has 1 N–H and O–H groups in total. The molecule has 0 aliphatic carbocycles. The Morgan fingerprint density at radius 3 is 2.16 bits per heavy atom. The largest absolute Gasteiger partial charge is 0.493 e. The Morgan fingerprint density at radius 2 is 1.45 bits per heavy atom. The van der Waals surface area contributed by atoms with Crippen LogP contribution in [0.2, 0.25) is 5.02 Å². The highest BCUT2D eigenvalue weighted by molar-refractivity contribution is 6.30. The van der Waals surface area contributed by atoms with E-state index in [9.17, 15) is 4.79 Å². The van der Waals surface area contributed by atoms with Gasteiger partial charge in [0.1, 0.15) is 24.7 Å². The van der Waals surface area contributed by atoms with Crippen LogP contribution in [0.3, 0.4) is 0 Å². The van der Waals surface area contributed by atoms with E-state index in [0.717, 1.165) is 16.7 Å². The summed E-state index contributed by atoms with van der Waals surface area (Å²) in [6.45, 7) is 0.676. The number of nitrogens with zero attached hydrogens (tertiary/aromatic N) is 1. The Balaban J connectivity index is 1.21. The summed E-state index contributed by atoms with van der Waals surface area (Å²) in [6, 6.07) is 29.8. The molecule has 0 saturated heterocycles. The fourth-order valence-electron chi connectivity index (χ4n) is 3.36. The molecule has 7 nitrogen and oxygen atoms in total. The quantitative estimate of drug-likeness (QED) is 0.178. The topological polar surface area (TPSA) is 78.4 Å². The lowest BCUT2D eigenvalue weighted by molar-refractivity contribution is -0.123. The highest BCUT2D eigenvalue weighted by Gasteiger charge is 2.07. The lowest BCUT2D eigenvalue weighted by atomic mass is 10.2. The third-order valence-corrected chi connectivity index (χ3v) is 5.59. The average Bonchev–Trinajstić information content (AvgIpc) is 2.96. The number of nitrogens with one attached hydrogen (secondary N) is 1. The molecule has 4 rings (SSSR count). The first-order chi connectivity index (χ1) is 18.6. The van der Waals surface area contributed by atoms with E-state index in [1.165, 1.54) is 6.21 Å². The molecular weight excluding hydrogens is 504 g/mol. The van der Waals surface area contributed by atoms with Crippen molar-refractivity contribution in [1.29, 1.82) is 0 Å². The Hall–Kier alpha value is -4.49. The van der Waals surface area contributed by atoms with Crippen molar-refractivity contribution in [2.75, 3.05) is 13.7 Å². The van der Waals surface area contributed by atoms with E-state index >= 15 is 0 Å². The molecule has 0 saturated carbocycles. The van der Waals surface area contributed by atoms with Gasteiger partial charge in [-0.15, -0.1) is 0 Å². The summed E-state index contributed by atoms with van der Waals surface area (Å²) in [4.78, 5) is 12.1. The molecule has 0 aliphatic heterocycles. The van der Waals surface area contributed by atoms with Crippen molar-refractivity contribution in [1.82, 2.24) is 5.43 Å². The second kappa shape index (κ2) is 13.7. The van der Waals surface area contributed by atoms with Gasteiger partial charge in [0.15, 0.2) is 18.1 Å². The summed E-state index contributed by atoms with van der Waals surface area (Å²) >= 11 is 5.92. The van der Waals surface area contributed by atoms with Crippen molar-refractivity contribution < 1.29 is 23.7 Å². The van der Waals surface area contributed by atoms with Gasteiger partial charge < -0.3 is 18.9 Å².